The SMILES string of the molecule is N#Cc1ccc2c(c1)c1ccccc1n2-c1c(C#N)cccc1-c1ccc(-n2c3ccccc3c3ccc4oc5ccccc5c4c32)cc1. The number of nitriles is 2. The Labute approximate surface area is 280 Å². The van der Waals surface area contributed by atoms with Gasteiger partial charge in [0, 0.05) is 38.2 Å². The fourth-order valence-electron chi connectivity index (χ4n) is 7.71. The highest BCUT2D eigenvalue weighted by Gasteiger charge is 2.21. The van der Waals surface area contributed by atoms with Crippen LogP contribution in [0.3, 0.4) is 0 Å². The third-order valence-corrected chi connectivity index (χ3v) is 9.79. The molecule has 5 heteroatoms. The van der Waals surface area contributed by atoms with Crippen molar-refractivity contribution in [3.63, 3.8) is 0 Å². The lowest BCUT2D eigenvalue weighted by Crippen LogP contribution is -2.01. The van der Waals surface area contributed by atoms with Crippen molar-refractivity contribution in [1.29, 1.82) is 10.5 Å². The van der Waals surface area contributed by atoms with Crippen molar-refractivity contribution in [2.24, 2.45) is 0 Å². The van der Waals surface area contributed by atoms with Gasteiger partial charge in [-0.3, -0.25) is 0 Å². The number of rotatable bonds is 3. The number of benzene rings is 7. The van der Waals surface area contributed by atoms with Crippen LogP contribution in [0.15, 0.2) is 150 Å². The quantitative estimate of drug-likeness (QED) is 0.196. The molecule has 0 radical (unpaired) electrons. The molecule has 0 atom stereocenters. The van der Waals surface area contributed by atoms with Gasteiger partial charge in [-0.15, -0.1) is 0 Å². The molecule has 0 aliphatic heterocycles. The van der Waals surface area contributed by atoms with Crippen molar-refractivity contribution in [2.75, 3.05) is 0 Å². The average Bonchev–Trinajstić information content (AvgIpc) is 3.82. The third kappa shape index (κ3) is 3.79. The highest BCUT2D eigenvalue weighted by molar-refractivity contribution is 6.24. The third-order valence-electron chi connectivity index (χ3n) is 9.79. The molecule has 5 nitrogen and oxygen atoms in total. The van der Waals surface area contributed by atoms with Crippen LogP contribution in [0.4, 0.5) is 0 Å². The monoisotopic (exact) mass is 624 g/mol. The number of nitrogens with zero attached hydrogens (tertiary/aromatic N) is 4. The molecule has 7 aromatic carbocycles. The van der Waals surface area contributed by atoms with Gasteiger partial charge in [0.25, 0.3) is 0 Å². The Morgan fingerprint density at radius 3 is 1.96 bits per heavy atom. The van der Waals surface area contributed by atoms with E-state index in [1.54, 1.807) is 0 Å². The van der Waals surface area contributed by atoms with Crippen LogP contribution in [0.1, 0.15) is 11.1 Å². The van der Waals surface area contributed by atoms with Crippen molar-refractivity contribution < 1.29 is 4.42 Å². The topological polar surface area (TPSA) is 70.6 Å². The second kappa shape index (κ2) is 10.2. The first-order valence-corrected chi connectivity index (χ1v) is 16.1. The smallest absolute Gasteiger partial charge is 0.137 e. The summed E-state index contributed by atoms with van der Waals surface area (Å²) in [6.07, 6.45) is 0. The summed E-state index contributed by atoms with van der Waals surface area (Å²) < 4.78 is 10.8. The molecule has 49 heavy (non-hydrogen) atoms. The molecule has 0 spiro atoms. The first kappa shape index (κ1) is 27.1. The lowest BCUT2D eigenvalue weighted by molar-refractivity contribution is 0.669. The molecule has 0 saturated heterocycles. The predicted molar refractivity (Wildman–Crippen MR) is 197 cm³/mol. The maximum atomic E-state index is 10.4. The summed E-state index contributed by atoms with van der Waals surface area (Å²) in [4.78, 5) is 0. The Hall–Kier alpha value is -7.08. The average molecular weight is 625 g/mol. The van der Waals surface area contributed by atoms with Crippen LogP contribution in [-0.4, -0.2) is 9.13 Å². The first-order chi connectivity index (χ1) is 24.2. The van der Waals surface area contributed by atoms with Crippen LogP contribution in [-0.2, 0) is 0 Å². The van der Waals surface area contributed by atoms with Crippen molar-refractivity contribution in [3.8, 4) is 34.6 Å². The highest BCUT2D eigenvalue weighted by atomic mass is 16.3. The van der Waals surface area contributed by atoms with Gasteiger partial charge in [-0.2, -0.15) is 10.5 Å². The van der Waals surface area contributed by atoms with E-state index >= 15 is 0 Å². The van der Waals surface area contributed by atoms with Crippen LogP contribution in [0, 0.1) is 22.7 Å². The molecule has 10 aromatic rings. The largest absolute Gasteiger partial charge is 0.456 e. The summed E-state index contributed by atoms with van der Waals surface area (Å²) >= 11 is 0. The fraction of sp³-hybridized carbons (Fsp3) is 0. The van der Waals surface area contributed by atoms with E-state index in [0.717, 1.165) is 77.3 Å². The van der Waals surface area contributed by atoms with E-state index in [1.807, 2.05) is 54.6 Å². The van der Waals surface area contributed by atoms with E-state index in [4.69, 9.17) is 4.42 Å². The van der Waals surface area contributed by atoms with Gasteiger partial charge in [0.2, 0.25) is 0 Å². The maximum absolute atomic E-state index is 10.4. The van der Waals surface area contributed by atoms with E-state index in [0.29, 0.717) is 11.1 Å². The Morgan fingerprint density at radius 2 is 1.18 bits per heavy atom. The number of para-hydroxylation sites is 4. The lowest BCUT2D eigenvalue weighted by Gasteiger charge is -2.16. The minimum atomic E-state index is 0.574. The van der Waals surface area contributed by atoms with Gasteiger partial charge in [-0.1, -0.05) is 78.9 Å². The van der Waals surface area contributed by atoms with Gasteiger partial charge < -0.3 is 13.6 Å². The zero-order valence-corrected chi connectivity index (χ0v) is 26.1. The molecule has 0 fully saturated rings. The summed E-state index contributed by atoms with van der Waals surface area (Å²) in [5.74, 6) is 0. The van der Waals surface area contributed by atoms with Gasteiger partial charge >= 0.3 is 0 Å². The minimum Gasteiger partial charge on any atom is -0.456 e. The molecule has 3 aromatic heterocycles. The fourth-order valence-corrected chi connectivity index (χ4v) is 7.71. The molecular weight excluding hydrogens is 601 g/mol. The lowest BCUT2D eigenvalue weighted by atomic mass is 9.99. The molecule has 0 N–H and O–H groups in total. The van der Waals surface area contributed by atoms with E-state index in [2.05, 4.69) is 112 Å². The zero-order chi connectivity index (χ0) is 32.6. The Kier molecular flexibility index (Phi) is 5.64. The van der Waals surface area contributed by atoms with Gasteiger partial charge in [0.15, 0.2) is 0 Å². The Morgan fingerprint density at radius 1 is 0.490 bits per heavy atom. The van der Waals surface area contributed by atoms with Gasteiger partial charge in [0.1, 0.15) is 17.2 Å². The number of hydrogen-bond acceptors (Lipinski definition) is 3. The van der Waals surface area contributed by atoms with E-state index in [-0.39, 0.29) is 0 Å². The minimum absolute atomic E-state index is 0.574. The number of fused-ring (bicyclic) bond motifs is 10. The van der Waals surface area contributed by atoms with E-state index < -0.39 is 0 Å². The highest BCUT2D eigenvalue weighted by Crippen LogP contribution is 2.42. The standard InChI is InChI=1S/C44H24N4O/c45-25-27-16-22-39-36(24-27)33-10-2-5-14-38(33)48(39)43-29(26-46)8-7-12-31(43)28-17-19-30(20-18-28)47-37-13-4-1-9-32(37)34-21-23-41-42(44(34)47)35-11-3-6-15-40(35)49-41/h1-24H. The van der Waals surface area contributed by atoms with E-state index in [1.165, 1.54) is 10.8 Å². The van der Waals surface area contributed by atoms with Crippen LogP contribution >= 0.6 is 0 Å². The summed E-state index contributed by atoms with van der Waals surface area (Å²) in [6.45, 7) is 0. The molecule has 10 rings (SSSR count). The number of aromatic nitrogens is 2. The molecule has 0 unspecified atom stereocenters. The molecule has 0 saturated carbocycles. The molecule has 3 heterocycles. The van der Waals surface area contributed by atoms with Gasteiger partial charge in [-0.05, 0) is 72.3 Å². The van der Waals surface area contributed by atoms with Crippen LogP contribution in [0.25, 0.3) is 88.1 Å². The van der Waals surface area contributed by atoms with Crippen LogP contribution < -0.4 is 0 Å². The second-order valence-electron chi connectivity index (χ2n) is 12.3. The first-order valence-electron chi connectivity index (χ1n) is 16.1. The van der Waals surface area contributed by atoms with Gasteiger partial charge in [0.05, 0.1) is 50.3 Å². The Bertz CT molecular complexity index is 3070. The molecule has 0 aliphatic rings. The van der Waals surface area contributed by atoms with E-state index in [9.17, 15) is 10.5 Å². The van der Waals surface area contributed by atoms with Crippen molar-refractivity contribution in [3.05, 3.63) is 157 Å². The predicted octanol–water partition coefficient (Wildman–Crippen LogP) is 11.2. The van der Waals surface area contributed by atoms with Crippen LogP contribution in [0.5, 0.6) is 0 Å². The second-order valence-corrected chi connectivity index (χ2v) is 12.3. The zero-order valence-electron chi connectivity index (χ0n) is 26.1. The normalized spacial score (nSPS) is 11.6. The summed E-state index contributed by atoms with van der Waals surface area (Å²) in [6, 6.07) is 54.2. The molecule has 0 aliphatic carbocycles. The Balaban J connectivity index is 1.22. The number of hydrogen-bond donors (Lipinski definition) is 0. The molecular formula is C44H24N4O. The van der Waals surface area contributed by atoms with Crippen molar-refractivity contribution >= 4 is 65.6 Å². The van der Waals surface area contributed by atoms with Crippen molar-refractivity contribution in [1.82, 2.24) is 9.13 Å². The van der Waals surface area contributed by atoms with Crippen molar-refractivity contribution in [2.45, 2.75) is 0 Å². The number of furan rings is 1. The maximum Gasteiger partial charge on any atom is 0.137 e. The van der Waals surface area contributed by atoms with Gasteiger partial charge in [-0.25, -0.2) is 0 Å². The summed E-state index contributed by atoms with van der Waals surface area (Å²) in [7, 11) is 0. The molecule has 226 valence electrons. The molecule has 0 amide bonds. The summed E-state index contributed by atoms with van der Waals surface area (Å²) in [5, 5.41) is 26.6. The molecule has 0 bridgehead atoms. The van der Waals surface area contributed by atoms with Crippen LogP contribution in [0.2, 0.25) is 0 Å². The summed E-state index contributed by atoms with van der Waals surface area (Å²) in [5.41, 5.74) is 10.9.